The summed E-state index contributed by atoms with van der Waals surface area (Å²) in [4.78, 5) is 0. The first-order valence-corrected chi connectivity index (χ1v) is 9.79. The van der Waals surface area contributed by atoms with Gasteiger partial charge < -0.3 is 0 Å². The van der Waals surface area contributed by atoms with Crippen molar-refractivity contribution in [1.82, 2.24) is 0 Å². The number of hydrogen-bond acceptors (Lipinski definition) is 0. The zero-order valence-corrected chi connectivity index (χ0v) is 17.4. The molecule has 0 heteroatoms. The molecule has 3 aromatic rings. The predicted molar refractivity (Wildman–Crippen MR) is 121 cm³/mol. The van der Waals surface area contributed by atoms with E-state index >= 15 is 0 Å². The van der Waals surface area contributed by atoms with E-state index in [9.17, 15) is 0 Å². The molecule has 4 rings (SSSR count). The summed E-state index contributed by atoms with van der Waals surface area (Å²) in [6, 6.07) is 25.1. The van der Waals surface area contributed by atoms with E-state index < -0.39 is 0 Å². The molecule has 1 unspecified atom stereocenters. The first-order chi connectivity index (χ1) is 13.0. The maximum Gasteiger partial charge on any atom is -0.0155 e. The molecule has 3 aromatic carbocycles. The first kappa shape index (κ1) is 20.7. The Kier molecular flexibility index (Phi) is 8.07. The molecule has 0 saturated carbocycles. The molecular weight excluding hydrogens is 324 g/mol. The van der Waals surface area contributed by atoms with Crippen LogP contribution < -0.4 is 0 Å². The Morgan fingerprint density at radius 2 is 1.30 bits per heavy atom. The third-order valence-corrected chi connectivity index (χ3v) is 4.90. The Morgan fingerprint density at radius 3 is 1.85 bits per heavy atom. The van der Waals surface area contributed by atoms with Gasteiger partial charge in [0.2, 0.25) is 0 Å². The highest BCUT2D eigenvalue weighted by Gasteiger charge is 2.03. The minimum absolute atomic E-state index is 0.758. The monoisotopic (exact) mass is 356 g/mol. The molecule has 1 aliphatic carbocycles. The van der Waals surface area contributed by atoms with Gasteiger partial charge in [-0.25, -0.2) is 0 Å². The molecule has 0 heterocycles. The maximum atomic E-state index is 2.34. The second-order valence-electron chi connectivity index (χ2n) is 7.40. The summed E-state index contributed by atoms with van der Waals surface area (Å²) in [5.41, 5.74) is 5.58. The highest BCUT2D eigenvalue weighted by Crippen LogP contribution is 2.21. The van der Waals surface area contributed by atoms with E-state index in [1.54, 1.807) is 0 Å². The van der Waals surface area contributed by atoms with Gasteiger partial charge in [-0.2, -0.15) is 0 Å². The van der Waals surface area contributed by atoms with Crippen LogP contribution in [0.25, 0.3) is 10.8 Å². The van der Waals surface area contributed by atoms with Gasteiger partial charge in [0.15, 0.2) is 0 Å². The van der Waals surface area contributed by atoms with Crippen molar-refractivity contribution >= 4 is 10.8 Å². The third kappa shape index (κ3) is 6.90. The Morgan fingerprint density at radius 1 is 0.667 bits per heavy atom. The van der Waals surface area contributed by atoms with Gasteiger partial charge >= 0.3 is 0 Å². The van der Waals surface area contributed by atoms with Crippen LogP contribution in [0.2, 0.25) is 0 Å². The lowest BCUT2D eigenvalue weighted by Gasteiger charge is -2.12. The van der Waals surface area contributed by atoms with E-state index in [1.807, 2.05) is 18.2 Å². The summed E-state index contributed by atoms with van der Waals surface area (Å²) >= 11 is 0. The molecule has 0 saturated heterocycles. The largest absolute Gasteiger partial charge is 0.0808 e. The van der Waals surface area contributed by atoms with E-state index in [2.05, 4.69) is 101 Å². The second kappa shape index (κ2) is 10.5. The van der Waals surface area contributed by atoms with Crippen LogP contribution in [-0.2, 0) is 0 Å². The Hall–Kier alpha value is -2.60. The van der Waals surface area contributed by atoms with Crippen LogP contribution in [0, 0.1) is 19.8 Å². The zero-order chi connectivity index (χ0) is 19.6. The summed E-state index contributed by atoms with van der Waals surface area (Å²) in [5, 5.41) is 2.68. The van der Waals surface area contributed by atoms with E-state index in [4.69, 9.17) is 0 Å². The Balaban J connectivity index is 0.000000149. The molecule has 0 aromatic heterocycles. The highest BCUT2D eigenvalue weighted by molar-refractivity contribution is 5.85. The molecule has 1 atom stereocenters. The quantitative estimate of drug-likeness (QED) is 0.382. The van der Waals surface area contributed by atoms with Crippen molar-refractivity contribution < 1.29 is 0 Å². The smallest absolute Gasteiger partial charge is 0.0155 e. The molecule has 27 heavy (non-hydrogen) atoms. The lowest BCUT2D eigenvalue weighted by molar-refractivity contribution is 0.722. The van der Waals surface area contributed by atoms with E-state index in [0.717, 1.165) is 5.92 Å². The van der Waals surface area contributed by atoms with Gasteiger partial charge in [-0.15, -0.1) is 0 Å². The molecule has 0 fully saturated rings. The molecule has 0 amide bonds. The van der Waals surface area contributed by atoms with Gasteiger partial charge in [0.05, 0.1) is 0 Å². The lowest BCUT2D eigenvalue weighted by atomic mass is 9.94. The minimum Gasteiger partial charge on any atom is -0.0808 e. The van der Waals surface area contributed by atoms with Gasteiger partial charge in [0.25, 0.3) is 0 Å². The zero-order valence-electron chi connectivity index (χ0n) is 17.4. The number of aryl methyl sites for hydroxylation is 2. The molecule has 0 nitrogen and oxygen atoms in total. The van der Waals surface area contributed by atoms with Gasteiger partial charge in [-0.3, -0.25) is 0 Å². The second-order valence-corrected chi connectivity index (χ2v) is 7.40. The number of rotatable bonds is 0. The Bertz CT molecular complexity index is 892. The van der Waals surface area contributed by atoms with Gasteiger partial charge in [-0.1, -0.05) is 109 Å². The van der Waals surface area contributed by atoms with Crippen LogP contribution in [0.1, 0.15) is 38.3 Å². The molecule has 0 N–H and O–H groups in total. The van der Waals surface area contributed by atoms with Gasteiger partial charge in [0, 0.05) is 0 Å². The summed E-state index contributed by atoms with van der Waals surface area (Å²) in [7, 11) is 0. The maximum absolute atomic E-state index is 2.34. The summed E-state index contributed by atoms with van der Waals surface area (Å²) < 4.78 is 0. The van der Waals surface area contributed by atoms with Crippen LogP contribution in [0.3, 0.4) is 0 Å². The van der Waals surface area contributed by atoms with Crippen molar-refractivity contribution in [3.05, 3.63) is 107 Å². The summed E-state index contributed by atoms with van der Waals surface area (Å²) in [6.45, 7) is 10.8. The lowest BCUT2D eigenvalue weighted by Crippen LogP contribution is -1.96. The molecule has 0 radical (unpaired) electrons. The number of fused-ring (bicyclic) bond motifs is 1. The molecular formula is C27H32. The SMILES string of the molecule is CC1=CCC(C)C=C1C.Cc1cccc2ccccc12.Cc1ccccc1. The molecule has 1 aliphatic rings. The van der Waals surface area contributed by atoms with Crippen molar-refractivity contribution in [3.63, 3.8) is 0 Å². The van der Waals surface area contributed by atoms with Crippen LogP contribution >= 0.6 is 0 Å². The van der Waals surface area contributed by atoms with Crippen molar-refractivity contribution in [2.45, 2.75) is 41.0 Å². The average Bonchev–Trinajstić information content (AvgIpc) is 2.67. The fraction of sp³-hybridized carbons (Fsp3) is 0.259. The molecule has 0 aliphatic heterocycles. The fourth-order valence-corrected chi connectivity index (χ4v) is 3.07. The van der Waals surface area contributed by atoms with E-state index in [1.165, 1.54) is 39.5 Å². The van der Waals surface area contributed by atoms with Crippen LogP contribution in [0.15, 0.2) is 96.1 Å². The Labute approximate surface area is 165 Å². The number of allylic oxidation sites excluding steroid dienone is 4. The fourth-order valence-electron chi connectivity index (χ4n) is 3.07. The van der Waals surface area contributed by atoms with Crippen molar-refractivity contribution in [3.8, 4) is 0 Å². The normalized spacial score (nSPS) is 15.5. The number of benzene rings is 3. The minimum atomic E-state index is 0.758. The summed E-state index contributed by atoms with van der Waals surface area (Å²) in [6.07, 6.45) is 5.89. The van der Waals surface area contributed by atoms with Crippen molar-refractivity contribution in [1.29, 1.82) is 0 Å². The standard InChI is InChI=1S/C11H10.C9H14.C7H8/c1-9-5-4-7-10-6-2-3-8-11(9)10;1-7-4-5-8(2)9(3)6-7;1-7-5-3-2-4-6-7/h2-8H,1H3;5-7H,4H2,1-3H3;2-6H,1H3. The molecule has 140 valence electrons. The topological polar surface area (TPSA) is 0 Å². The van der Waals surface area contributed by atoms with Gasteiger partial charge in [-0.05, 0) is 56.4 Å². The number of hydrogen-bond donors (Lipinski definition) is 0. The van der Waals surface area contributed by atoms with Crippen LogP contribution in [-0.4, -0.2) is 0 Å². The summed E-state index contributed by atoms with van der Waals surface area (Å²) in [5.74, 6) is 0.758. The molecule has 0 spiro atoms. The molecule has 0 bridgehead atoms. The van der Waals surface area contributed by atoms with Gasteiger partial charge in [0.1, 0.15) is 0 Å². The third-order valence-electron chi connectivity index (χ3n) is 4.90. The van der Waals surface area contributed by atoms with Crippen LogP contribution in [0.5, 0.6) is 0 Å². The highest BCUT2D eigenvalue weighted by atomic mass is 14.1. The first-order valence-electron chi connectivity index (χ1n) is 9.79. The van der Waals surface area contributed by atoms with Crippen molar-refractivity contribution in [2.24, 2.45) is 5.92 Å². The van der Waals surface area contributed by atoms with Crippen LogP contribution in [0.4, 0.5) is 0 Å². The van der Waals surface area contributed by atoms with E-state index in [0.29, 0.717) is 0 Å². The average molecular weight is 357 g/mol. The van der Waals surface area contributed by atoms with Crippen molar-refractivity contribution in [2.75, 3.05) is 0 Å². The van der Waals surface area contributed by atoms with E-state index in [-0.39, 0.29) is 0 Å². The predicted octanol–water partition coefficient (Wildman–Crippen LogP) is 8.06.